The smallest absolute Gasteiger partial charge is 0.410 e. The molecule has 0 radical (unpaired) electrons. The Hall–Kier alpha value is -2.43. The molecule has 0 aliphatic carbocycles. The lowest BCUT2D eigenvalue weighted by Crippen LogP contribution is -2.39. The zero-order chi connectivity index (χ0) is 16.6. The molecule has 23 heavy (non-hydrogen) atoms. The predicted octanol–water partition coefficient (Wildman–Crippen LogP) is 3.95. The van der Waals surface area contributed by atoms with E-state index in [1.165, 1.54) is 0 Å². The van der Waals surface area contributed by atoms with E-state index in [1.54, 1.807) is 23.3 Å². The molecule has 0 saturated heterocycles. The van der Waals surface area contributed by atoms with Crippen molar-refractivity contribution in [1.29, 1.82) is 0 Å². The van der Waals surface area contributed by atoms with Crippen LogP contribution in [0.5, 0.6) is 5.75 Å². The van der Waals surface area contributed by atoms with E-state index in [4.69, 9.17) is 9.15 Å². The van der Waals surface area contributed by atoms with E-state index in [0.29, 0.717) is 24.4 Å². The van der Waals surface area contributed by atoms with Gasteiger partial charge in [0.1, 0.15) is 17.1 Å². The van der Waals surface area contributed by atoms with Gasteiger partial charge in [0.05, 0.1) is 11.8 Å². The number of benzene rings is 1. The van der Waals surface area contributed by atoms with E-state index < -0.39 is 5.60 Å². The van der Waals surface area contributed by atoms with Crippen LogP contribution in [-0.4, -0.2) is 28.2 Å². The first-order chi connectivity index (χ1) is 10.8. The van der Waals surface area contributed by atoms with Crippen LogP contribution in [0.3, 0.4) is 0 Å². The molecule has 2 aromatic rings. The number of fused-ring (bicyclic) bond motifs is 1. The first-order valence-corrected chi connectivity index (χ1v) is 7.70. The monoisotopic (exact) mass is 315 g/mol. The third-order valence-electron chi connectivity index (χ3n) is 3.77. The normalized spacial score (nSPS) is 14.5. The summed E-state index contributed by atoms with van der Waals surface area (Å²) in [6.07, 6.45) is 1.99. The van der Waals surface area contributed by atoms with Gasteiger partial charge in [-0.25, -0.2) is 4.79 Å². The molecule has 122 valence electrons. The van der Waals surface area contributed by atoms with E-state index >= 15 is 0 Å². The highest BCUT2D eigenvalue weighted by Gasteiger charge is 2.26. The second-order valence-corrected chi connectivity index (χ2v) is 6.77. The zero-order valence-electron chi connectivity index (χ0n) is 13.6. The third-order valence-corrected chi connectivity index (χ3v) is 3.77. The van der Waals surface area contributed by atoms with E-state index in [1.807, 2.05) is 32.9 Å². The maximum atomic E-state index is 12.2. The Labute approximate surface area is 135 Å². The second kappa shape index (κ2) is 5.65. The maximum absolute atomic E-state index is 12.2. The lowest BCUT2D eigenvalue weighted by molar-refractivity contribution is 0.0224. The highest BCUT2D eigenvalue weighted by atomic mass is 16.6. The van der Waals surface area contributed by atoms with Crippen LogP contribution in [0, 0.1) is 0 Å². The summed E-state index contributed by atoms with van der Waals surface area (Å²) in [6.45, 7) is 6.60. The van der Waals surface area contributed by atoms with Crippen LogP contribution in [0.4, 0.5) is 4.79 Å². The first-order valence-electron chi connectivity index (χ1n) is 7.70. The lowest BCUT2D eigenvalue weighted by Gasteiger charge is -2.31. The molecule has 0 spiro atoms. The number of ether oxygens (including phenoxy) is 1. The number of aromatic hydroxyl groups is 1. The average Bonchev–Trinajstić information content (AvgIpc) is 2.98. The summed E-state index contributed by atoms with van der Waals surface area (Å²) < 4.78 is 10.8. The zero-order valence-corrected chi connectivity index (χ0v) is 13.6. The number of hydrogen-bond acceptors (Lipinski definition) is 4. The van der Waals surface area contributed by atoms with Crippen LogP contribution in [0.25, 0.3) is 11.3 Å². The van der Waals surface area contributed by atoms with Crippen molar-refractivity contribution in [3.8, 4) is 17.1 Å². The molecular weight excluding hydrogens is 294 g/mol. The highest BCUT2D eigenvalue weighted by Crippen LogP contribution is 2.34. The molecule has 5 heteroatoms. The molecule has 0 atom stereocenters. The van der Waals surface area contributed by atoms with Gasteiger partial charge < -0.3 is 19.2 Å². The van der Waals surface area contributed by atoms with Gasteiger partial charge in [0.15, 0.2) is 0 Å². The number of nitrogens with zero attached hydrogens (tertiary/aromatic N) is 1. The summed E-state index contributed by atoms with van der Waals surface area (Å²) >= 11 is 0. The molecule has 1 aliphatic rings. The molecule has 1 amide bonds. The van der Waals surface area contributed by atoms with Gasteiger partial charge in [0, 0.05) is 13.1 Å². The fourth-order valence-electron chi connectivity index (χ4n) is 2.71. The molecule has 0 fully saturated rings. The first kappa shape index (κ1) is 15.5. The van der Waals surface area contributed by atoms with Crippen LogP contribution < -0.4 is 0 Å². The van der Waals surface area contributed by atoms with Gasteiger partial charge in [-0.1, -0.05) is 0 Å². The summed E-state index contributed by atoms with van der Waals surface area (Å²) in [5.41, 5.74) is 2.23. The van der Waals surface area contributed by atoms with Gasteiger partial charge in [-0.3, -0.25) is 0 Å². The van der Waals surface area contributed by atoms with Crippen molar-refractivity contribution >= 4 is 6.09 Å². The summed E-state index contributed by atoms with van der Waals surface area (Å²) in [5.74, 6) is 0.796. The topological polar surface area (TPSA) is 62.9 Å². The van der Waals surface area contributed by atoms with Crippen LogP contribution in [-0.2, 0) is 17.7 Å². The van der Waals surface area contributed by atoms with Gasteiger partial charge in [-0.2, -0.15) is 0 Å². The highest BCUT2D eigenvalue weighted by molar-refractivity contribution is 5.71. The van der Waals surface area contributed by atoms with Crippen LogP contribution >= 0.6 is 0 Å². The Morgan fingerprint density at radius 3 is 2.74 bits per heavy atom. The molecule has 1 aromatic heterocycles. The Morgan fingerprint density at radius 2 is 2.09 bits per heavy atom. The van der Waals surface area contributed by atoms with E-state index in [-0.39, 0.29) is 11.8 Å². The number of amides is 1. The van der Waals surface area contributed by atoms with Crippen LogP contribution in [0.15, 0.2) is 34.9 Å². The Bertz CT molecular complexity index is 713. The molecular formula is C18H21NO4. The summed E-state index contributed by atoms with van der Waals surface area (Å²) in [6, 6.07) is 7.26. The molecule has 0 bridgehead atoms. The van der Waals surface area contributed by atoms with Crippen molar-refractivity contribution in [2.75, 3.05) is 6.54 Å². The lowest BCUT2D eigenvalue weighted by atomic mass is 9.96. The van der Waals surface area contributed by atoms with E-state index in [2.05, 4.69) is 0 Å². The average molecular weight is 315 g/mol. The number of carbonyl (C=O) groups excluding carboxylic acids is 1. The predicted molar refractivity (Wildman–Crippen MR) is 86.2 cm³/mol. The van der Waals surface area contributed by atoms with Crippen molar-refractivity contribution in [2.24, 2.45) is 0 Å². The molecule has 2 heterocycles. The SMILES string of the molecule is CC(C)(C)OC(=O)N1CCc2cc(-c3ccco3)c(O)cc2C1. The number of hydrogen-bond donors (Lipinski definition) is 1. The summed E-state index contributed by atoms with van der Waals surface area (Å²) in [7, 11) is 0. The fourth-order valence-corrected chi connectivity index (χ4v) is 2.71. The van der Waals surface area contributed by atoms with Crippen LogP contribution in [0.2, 0.25) is 0 Å². The standard InChI is InChI=1S/C18H21NO4/c1-18(2,3)23-17(21)19-7-6-12-9-14(16-5-4-8-22-16)15(20)10-13(12)11-19/h4-5,8-10,20H,6-7,11H2,1-3H3. The van der Waals surface area contributed by atoms with Crippen molar-refractivity contribution in [3.63, 3.8) is 0 Å². The summed E-state index contributed by atoms with van der Waals surface area (Å²) in [5, 5.41) is 10.3. The number of phenols is 1. The minimum absolute atomic E-state index is 0.157. The fraction of sp³-hybridized carbons (Fsp3) is 0.389. The van der Waals surface area contributed by atoms with E-state index in [0.717, 1.165) is 17.5 Å². The van der Waals surface area contributed by atoms with Crippen LogP contribution in [0.1, 0.15) is 31.9 Å². The Kier molecular flexibility index (Phi) is 3.80. The number of furan rings is 1. The van der Waals surface area contributed by atoms with E-state index in [9.17, 15) is 9.90 Å². The maximum Gasteiger partial charge on any atom is 0.410 e. The molecule has 0 saturated carbocycles. The van der Waals surface area contributed by atoms with Gasteiger partial charge in [-0.15, -0.1) is 0 Å². The molecule has 0 unspecified atom stereocenters. The van der Waals surface area contributed by atoms with Gasteiger partial charge >= 0.3 is 6.09 Å². The molecule has 5 nitrogen and oxygen atoms in total. The largest absolute Gasteiger partial charge is 0.507 e. The van der Waals surface area contributed by atoms with Crippen molar-refractivity contribution in [3.05, 3.63) is 41.7 Å². The number of phenolic OH excluding ortho intramolecular Hbond substituents is 1. The van der Waals surface area contributed by atoms with Crippen molar-refractivity contribution in [2.45, 2.75) is 39.3 Å². The van der Waals surface area contributed by atoms with Gasteiger partial charge in [-0.05, 0) is 62.6 Å². The van der Waals surface area contributed by atoms with Crippen molar-refractivity contribution in [1.82, 2.24) is 4.90 Å². The molecule has 1 aliphatic heterocycles. The summed E-state index contributed by atoms with van der Waals surface area (Å²) in [4.78, 5) is 13.9. The molecule has 1 aromatic carbocycles. The number of rotatable bonds is 1. The quantitative estimate of drug-likeness (QED) is 0.865. The van der Waals surface area contributed by atoms with Gasteiger partial charge in [0.2, 0.25) is 0 Å². The Balaban J connectivity index is 1.82. The third kappa shape index (κ3) is 3.33. The van der Waals surface area contributed by atoms with Gasteiger partial charge in [0.25, 0.3) is 0 Å². The number of carbonyl (C=O) groups is 1. The minimum Gasteiger partial charge on any atom is -0.507 e. The minimum atomic E-state index is -0.511. The molecule has 1 N–H and O–H groups in total. The second-order valence-electron chi connectivity index (χ2n) is 6.77. The van der Waals surface area contributed by atoms with Crippen molar-refractivity contribution < 1.29 is 19.1 Å². The molecule has 3 rings (SSSR count). The Morgan fingerprint density at radius 1 is 1.30 bits per heavy atom.